The summed E-state index contributed by atoms with van der Waals surface area (Å²) in [5.74, 6) is -0.778. The Kier molecular flexibility index (Phi) is 5.16. The van der Waals surface area contributed by atoms with Crippen LogP contribution in [0.2, 0.25) is 0 Å². The number of carbonyl (C=O) groups excluding carboxylic acids is 2. The molecular weight excluding hydrogens is 296 g/mol. The fourth-order valence-electron chi connectivity index (χ4n) is 2.04. The maximum Gasteiger partial charge on any atom is 0.339 e. The van der Waals surface area contributed by atoms with Crippen molar-refractivity contribution in [3.8, 4) is 0 Å². The van der Waals surface area contributed by atoms with Gasteiger partial charge in [-0.1, -0.05) is 32.0 Å². The first kappa shape index (κ1) is 16.7. The Balaban J connectivity index is 2.10. The molecule has 0 saturated heterocycles. The summed E-state index contributed by atoms with van der Waals surface area (Å²) in [6, 6.07) is 8.09. The molecule has 0 aliphatic heterocycles. The second-order valence-corrected chi connectivity index (χ2v) is 5.77. The minimum Gasteiger partial charge on any atom is -0.452 e. The number of amides is 1. The number of carbonyl (C=O) groups is 2. The maximum absolute atomic E-state index is 12.2. The van der Waals surface area contributed by atoms with E-state index in [0.29, 0.717) is 10.9 Å². The maximum atomic E-state index is 12.2. The normalized spacial score (nSPS) is 12.2. The number of nitrogens with one attached hydrogen (secondary N) is 2. The molecule has 122 valence electrons. The van der Waals surface area contributed by atoms with Gasteiger partial charge in [0.15, 0.2) is 6.61 Å². The van der Waals surface area contributed by atoms with Crippen molar-refractivity contribution in [1.82, 2.24) is 10.3 Å². The smallest absolute Gasteiger partial charge is 0.339 e. The van der Waals surface area contributed by atoms with Crippen molar-refractivity contribution < 1.29 is 14.3 Å². The number of rotatable bonds is 5. The van der Waals surface area contributed by atoms with Crippen LogP contribution in [0, 0.1) is 5.92 Å². The van der Waals surface area contributed by atoms with E-state index in [1.807, 2.05) is 20.8 Å². The minimum atomic E-state index is -0.695. The largest absolute Gasteiger partial charge is 0.452 e. The predicted octanol–water partition coefficient (Wildman–Crippen LogP) is 1.85. The van der Waals surface area contributed by atoms with E-state index in [4.69, 9.17) is 4.74 Å². The van der Waals surface area contributed by atoms with Gasteiger partial charge in [-0.2, -0.15) is 0 Å². The summed E-state index contributed by atoms with van der Waals surface area (Å²) >= 11 is 0. The van der Waals surface area contributed by atoms with Crippen LogP contribution in [-0.2, 0) is 9.53 Å². The van der Waals surface area contributed by atoms with Crippen LogP contribution in [0.25, 0.3) is 10.9 Å². The number of aromatic nitrogens is 1. The van der Waals surface area contributed by atoms with Gasteiger partial charge in [0.1, 0.15) is 0 Å². The van der Waals surface area contributed by atoms with Crippen LogP contribution in [-0.4, -0.2) is 29.5 Å². The van der Waals surface area contributed by atoms with Crippen molar-refractivity contribution in [3.05, 3.63) is 46.2 Å². The molecule has 2 N–H and O–H groups in total. The van der Waals surface area contributed by atoms with E-state index in [1.165, 1.54) is 6.07 Å². The van der Waals surface area contributed by atoms with Crippen LogP contribution in [0.4, 0.5) is 0 Å². The lowest BCUT2D eigenvalue weighted by Gasteiger charge is -2.17. The minimum absolute atomic E-state index is 0.0124. The van der Waals surface area contributed by atoms with Crippen LogP contribution in [0.15, 0.2) is 35.1 Å². The molecule has 2 aromatic rings. The quantitative estimate of drug-likeness (QED) is 0.824. The van der Waals surface area contributed by atoms with Crippen LogP contribution in [0.1, 0.15) is 31.1 Å². The number of aromatic amines is 1. The fraction of sp³-hybridized carbons (Fsp3) is 0.353. The van der Waals surface area contributed by atoms with E-state index in [0.717, 1.165) is 0 Å². The molecule has 0 radical (unpaired) electrons. The molecule has 6 nitrogen and oxygen atoms in total. The molecule has 0 aliphatic carbocycles. The highest BCUT2D eigenvalue weighted by Gasteiger charge is 2.16. The lowest BCUT2D eigenvalue weighted by atomic mass is 10.1. The number of para-hydroxylation sites is 1. The van der Waals surface area contributed by atoms with Crippen molar-refractivity contribution >= 4 is 22.8 Å². The molecule has 1 aromatic heterocycles. The third kappa shape index (κ3) is 4.18. The first-order valence-electron chi connectivity index (χ1n) is 7.47. The summed E-state index contributed by atoms with van der Waals surface area (Å²) in [6.07, 6.45) is 0. The monoisotopic (exact) mass is 316 g/mol. The highest BCUT2D eigenvalue weighted by atomic mass is 16.5. The zero-order valence-electron chi connectivity index (χ0n) is 13.4. The van der Waals surface area contributed by atoms with Crippen LogP contribution in [0.5, 0.6) is 0 Å². The molecule has 0 aliphatic rings. The molecule has 0 saturated carbocycles. The summed E-state index contributed by atoms with van der Waals surface area (Å²) < 4.78 is 5.03. The topological polar surface area (TPSA) is 88.3 Å². The second-order valence-electron chi connectivity index (χ2n) is 5.77. The van der Waals surface area contributed by atoms with E-state index >= 15 is 0 Å². The molecule has 0 bridgehead atoms. The van der Waals surface area contributed by atoms with Gasteiger partial charge in [0.2, 0.25) is 5.56 Å². The average molecular weight is 316 g/mol. The Morgan fingerprint density at radius 2 is 1.91 bits per heavy atom. The highest BCUT2D eigenvalue weighted by Crippen LogP contribution is 2.15. The van der Waals surface area contributed by atoms with Crippen LogP contribution < -0.4 is 10.9 Å². The molecule has 1 aromatic carbocycles. The number of H-pyrrole nitrogens is 1. The molecule has 6 heteroatoms. The molecule has 23 heavy (non-hydrogen) atoms. The number of ether oxygens (including phenoxy) is 1. The Morgan fingerprint density at radius 1 is 1.22 bits per heavy atom. The summed E-state index contributed by atoms with van der Waals surface area (Å²) in [6.45, 7) is 5.48. The van der Waals surface area contributed by atoms with Gasteiger partial charge in [0.05, 0.1) is 5.56 Å². The highest BCUT2D eigenvalue weighted by molar-refractivity contribution is 6.03. The van der Waals surface area contributed by atoms with Gasteiger partial charge in [-0.25, -0.2) is 4.79 Å². The van der Waals surface area contributed by atoms with Crippen molar-refractivity contribution in [2.45, 2.75) is 26.8 Å². The lowest BCUT2D eigenvalue weighted by molar-refractivity contribution is -0.125. The first-order valence-corrected chi connectivity index (χ1v) is 7.47. The molecule has 0 spiro atoms. The van der Waals surface area contributed by atoms with E-state index in [1.54, 1.807) is 24.3 Å². The van der Waals surface area contributed by atoms with Gasteiger partial charge < -0.3 is 15.0 Å². The van der Waals surface area contributed by atoms with Gasteiger partial charge in [-0.15, -0.1) is 0 Å². The molecule has 2 rings (SSSR count). The van der Waals surface area contributed by atoms with Gasteiger partial charge >= 0.3 is 5.97 Å². The Labute approximate surface area is 133 Å². The second kappa shape index (κ2) is 7.09. The van der Waals surface area contributed by atoms with Crippen LogP contribution in [0.3, 0.4) is 0 Å². The Hall–Kier alpha value is -2.63. The van der Waals surface area contributed by atoms with Crippen molar-refractivity contribution in [1.29, 1.82) is 0 Å². The van der Waals surface area contributed by atoms with Gasteiger partial charge in [0, 0.05) is 23.0 Å². The number of benzene rings is 1. The summed E-state index contributed by atoms with van der Waals surface area (Å²) in [5.41, 5.74) is 0.299. The molecule has 1 amide bonds. The van der Waals surface area contributed by atoms with Gasteiger partial charge in [-0.3, -0.25) is 9.59 Å². The number of fused-ring (bicyclic) bond motifs is 1. The SMILES string of the molecule is CC(C)[C@H](C)NC(=O)COC(=O)c1cc(=O)[nH]c2ccccc12. The number of hydrogen-bond acceptors (Lipinski definition) is 4. The number of esters is 1. The predicted molar refractivity (Wildman–Crippen MR) is 87.3 cm³/mol. The number of hydrogen-bond donors (Lipinski definition) is 2. The summed E-state index contributed by atoms with van der Waals surface area (Å²) in [4.78, 5) is 38.2. The standard InChI is InChI=1S/C17H20N2O4/c1-10(2)11(3)18-16(21)9-23-17(22)13-8-15(20)19-14-7-5-4-6-12(13)14/h4-8,10-11H,9H2,1-3H3,(H,18,21)(H,19,20)/t11-/m0/s1. The van der Waals surface area contributed by atoms with E-state index in [-0.39, 0.29) is 30.0 Å². The van der Waals surface area contributed by atoms with Gasteiger partial charge in [0.25, 0.3) is 5.91 Å². The zero-order chi connectivity index (χ0) is 17.0. The molecule has 0 fully saturated rings. The summed E-state index contributed by atoms with van der Waals surface area (Å²) in [7, 11) is 0. The molecule has 0 unspecified atom stereocenters. The molecule has 1 heterocycles. The van der Waals surface area contributed by atoms with Crippen LogP contribution >= 0.6 is 0 Å². The average Bonchev–Trinajstić information content (AvgIpc) is 2.51. The Morgan fingerprint density at radius 3 is 2.61 bits per heavy atom. The third-order valence-corrected chi connectivity index (χ3v) is 3.69. The molecule has 1 atom stereocenters. The fourth-order valence-corrected chi connectivity index (χ4v) is 2.04. The van der Waals surface area contributed by atoms with E-state index in [2.05, 4.69) is 10.3 Å². The summed E-state index contributed by atoms with van der Waals surface area (Å²) in [5, 5.41) is 3.33. The van der Waals surface area contributed by atoms with Crippen molar-refractivity contribution in [2.75, 3.05) is 6.61 Å². The number of pyridine rings is 1. The third-order valence-electron chi connectivity index (χ3n) is 3.69. The zero-order valence-corrected chi connectivity index (χ0v) is 13.4. The van der Waals surface area contributed by atoms with Crippen molar-refractivity contribution in [2.24, 2.45) is 5.92 Å². The van der Waals surface area contributed by atoms with Crippen molar-refractivity contribution in [3.63, 3.8) is 0 Å². The lowest BCUT2D eigenvalue weighted by Crippen LogP contribution is -2.38. The van der Waals surface area contributed by atoms with E-state index in [9.17, 15) is 14.4 Å². The van der Waals surface area contributed by atoms with Gasteiger partial charge in [-0.05, 0) is 18.9 Å². The first-order chi connectivity index (χ1) is 10.9. The van der Waals surface area contributed by atoms with E-state index < -0.39 is 11.5 Å². The molecular formula is C17H20N2O4. The Bertz CT molecular complexity index is 780.